The highest BCUT2D eigenvalue weighted by Gasteiger charge is 2.01. The minimum Gasteiger partial charge on any atom is -0.455 e. The molecule has 0 aliphatic carbocycles. The molecule has 0 fully saturated rings. The fourth-order valence-electron chi connectivity index (χ4n) is 1.19. The van der Waals surface area contributed by atoms with E-state index in [0.29, 0.717) is 0 Å². The van der Waals surface area contributed by atoms with Gasteiger partial charge in [-0.05, 0) is 43.3 Å². The molecule has 0 atom stereocenters. The monoisotopic (exact) mass is 262 g/mol. The Morgan fingerprint density at radius 3 is 3.00 bits per heavy atom. The molecule has 3 heteroatoms. The summed E-state index contributed by atoms with van der Waals surface area (Å²) in [6, 6.07) is 12.3. The maximum Gasteiger partial charge on any atom is 0.148 e. The summed E-state index contributed by atoms with van der Waals surface area (Å²) in [6.45, 7) is 1.92. The number of pyridine rings is 1. The molecule has 0 saturated carbocycles. The highest BCUT2D eigenvalue weighted by atomic mass is 79.9. The highest BCUT2D eigenvalue weighted by Crippen LogP contribution is 2.25. The SMILES string of the molecule is Cc1ncccc1Oc1cc[c]c(Br)c1. The predicted octanol–water partition coefficient (Wildman–Crippen LogP) is 3.75. The lowest BCUT2D eigenvalue weighted by molar-refractivity contribution is 0.475. The topological polar surface area (TPSA) is 22.1 Å². The van der Waals surface area contributed by atoms with Gasteiger partial charge in [0.05, 0.1) is 5.69 Å². The minimum absolute atomic E-state index is 0.774. The molecule has 1 aromatic heterocycles. The second-order valence-electron chi connectivity index (χ2n) is 3.06. The second kappa shape index (κ2) is 4.45. The van der Waals surface area contributed by atoms with E-state index in [1.807, 2.05) is 37.3 Å². The first-order chi connectivity index (χ1) is 7.25. The van der Waals surface area contributed by atoms with Crippen molar-refractivity contribution in [3.05, 3.63) is 52.8 Å². The Balaban J connectivity index is 2.26. The van der Waals surface area contributed by atoms with Gasteiger partial charge in [-0.25, -0.2) is 0 Å². The summed E-state index contributed by atoms with van der Waals surface area (Å²) in [6.07, 6.45) is 1.75. The predicted molar refractivity (Wildman–Crippen MR) is 62.0 cm³/mol. The summed E-state index contributed by atoms with van der Waals surface area (Å²) in [5.74, 6) is 1.55. The lowest BCUT2D eigenvalue weighted by Crippen LogP contribution is -1.89. The summed E-state index contributed by atoms with van der Waals surface area (Å²) in [7, 11) is 0. The van der Waals surface area contributed by atoms with Crippen molar-refractivity contribution in [3.63, 3.8) is 0 Å². The molecule has 2 nitrogen and oxygen atoms in total. The van der Waals surface area contributed by atoms with Gasteiger partial charge in [0.25, 0.3) is 0 Å². The number of hydrogen-bond donors (Lipinski definition) is 0. The molecule has 0 aliphatic rings. The van der Waals surface area contributed by atoms with Crippen LogP contribution in [0.5, 0.6) is 11.5 Å². The maximum atomic E-state index is 5.68. The zero-order valence-corrected chi connectivity index (χ0v) is 9.78. The third kappa shape index (κ3) is 2.57. The quantitative estimate of drug-likeness (QED) is 0.823. The molecule has 75 valence electrons. The molecular weight excluding hydrogens is 254 g/mol. The van der Waals surface area contributed by atoms with Crippen molar-refractivity contribution in [1.29, 1.82) is 0 Å². The van der Waals surface area contributed by atoms with Crippen LogP contribution in [-0.4, -0.2) is 4.98 Å². The highest BCUT2D eigenvalue weighted by molar-refractivity contribution is 9.10. The molecule has 2 aromatic rings. The van der Waals surface area contributed by atoms with Crippen molar-refractivity contribution in [3.8, 4) is 11.5 Å². The van der Waals surface area contributed by atoms with Gasteiger partial charge in [-0.3, -0.25) is 4.98 Å². The molecule has 0 aliphatic heterocycles. The molecule has 0 unspecified atom stereocenters. The van der Waals surface area contributed by atoms with E-state index in [2.05, 4.69) is 27.0 Å². The molecule has 0 amide bonds. The van der Waals surface area contributed by atoms with Gasteiger partial charge in [0, 0.05) is 10.7 Å². The van der Waals surface area contributed by atoms with Crippen molar-refractivity contribution in [2.75, 3.05) is 0 Å². The molecule has 2 rings (SSSR count). The Bertz CT molecular complexity index is 471. The fourth-order valence-corrected chi connectivity index (χ4v) is 1.54. The van der Waals surface area contributed by atoms with Gasteiger partial charge in [-0.1, -0.05) is 15.9 Å². The number of benzene rings is 1. The minimum atomic E-state index is 0.774. The molecule has 15 heavy (non-hydrogen) atoms. The van der Waals surface area contributed by atoms with Crippen LogP contribution in [0, 0.1) is 13.0 Å². The number of halogens is 1. The zero-order valence-electron chi connectivity index (χ0n) is 8.20. The van der Waals surface area contributed by atoms with E-state index < -0.39 is 0 Å². The van der Waals surface area contributed by atoms with Gasteiger partial charge in [-0.2, -0.15) is 0 Å². The first-order valence-corrected chi connectivity index (χ1v) is 5.32. The first kappa shape index (κ1) is 10.2. The normalized spacial score (nSPS) is 10.0. The zero-order chi connectivity index (χ0) is 10.7. The van der Waals surface area contributed by atoms with Crippen molar-refractivity contribution in [2.24, 2.45) is 0 Å². The molecule has 1 aromatic carbocycles. The maximum absolute atomic E-state index is 5.68. The smallest absolute Gasteiger partial charge is 0.148 e. The molecular formula is C12H9BrNO. The fraction of sp³-hybridized carbons (Fsp3) is 0.0833. The van der Waals surface area contributed by atoms with Crippen molar-refractivity contribution >= 4 is 15.9 Å². The number of aromatic nitrogens is 1. The summed E-state index contributed by atoms with van der Waals surface area (Å²) in [4.78, 5) is 4.15. The third-order valence-electron chi connectivity index (χ3n) is 1.92. The van der Waals surface area contributed by atoms with Crippen LogP contribution in [0.4, 0.5) is 0 Å². The number of rotatable bonds is 2. The van der Waals surface area contributed by atoms with Crippen LogP contribution in [0.15, 0.2) is 41.0 Å². The Kier molecular flexibility index (Phi) is 3.02. The van der Waals surface area contributed by atoms with E-state index >= 15 is 0 Å². The van der Waals surface area contributed by atoms with E-state index in [0.717, 1.165) is 21.7 Å². The molecule has 0 N–H and O–H groups in total. The van der Waals surface area contributed by atoms with Crippen LogP contribution in [0.1, 0.15) is 5.69 Å². The molecule has 0 bridgehead atoms. The second-order valence-corrected chi connectivity index (χ2v) is 3.92. The Hall–Kier alpha value is -1.35. The summed E-state index contributed by atoms with van der Waals surface area (Å²) in [5.41, 5.74) is 0.876. The lowest BCUT2D eigenvalue weighted by Gasteiger charge is -2.07. The van der Waals surface area contributed by atoms with E-state index in [4.69, 9.17) is 4.74 Å². The van der Waals surface area contributed by atoms with Crippen molar-refractivity contribution in [1.82, 2.24) is 4.98 Å². The molecule has 1 heterocycles. The van der Waals surface area contributed by atoms with E-state index in [-0.39, 0.29) is 0 Å². The molecule has 1 radical (unpaired) electrons. The molecule has 0 spiro atoms. The average molecular weight is 263 g/mol. The Labute approximate surface area is 97.1 Å². The van der Waals surface area contributed by atoms with E-state index in [9.17, 15) is 0 Å². The number of aryl methyl sites for hydroxylation is 1. The summed E-state index contributed by atoms with van der Waals surface area (Å²) < 4.78 is 6.55. The summed E-state index contributed by atoms with van der Waals surface area (Å²) >= 11 is 3.34. The van der Waals surface area contributed by atoms with Gasteiger partial charge in [-0.15, -0.1) is 0 Å². The van der Waals surface area contributed by atoms with Crippen LogP contribution in [0.2, 0.25) is 0 Å². The first-order valence-electron chi connectivity index (χ1n) is 4.52. The van der Waals surface area contributed by atoms with E-state index in [1.165, 1.54) is 0 Å². The van der Waals surface area contributed by atoms with E-state index in [1.54, 1.807) is 6.20 Å². The third-order valence-corrected chi connectivity index (χ3v) is 2.38. The van der Waals surface area contributed by atoms with Gasteiger partial charge >= 0.3 is 0 Å². The number of ether oxygens (including phenoxy) is 1. The lowest BCUT2D eigenvalue weighted by atomic mass is 10.3. The Morgan fingerprint density at radius 2 is 2.27 bits per heavy atom. The van der Waals surface area contributed by atoms with Gasteiger partial charge in [0.2, 0.25) is 0 Å². The van der Waals surface area contributed by atoms with Crippen LogP contribution >= 0.6 is 15.9 Å². The van der Waals surface area contributed by atoms with Gasteiger partial charge < -0.3 is 4.74 Å². The van der Waals surface area contributed by atoms with Crippen LogP contribution in [0.25, 0.3) is 0 Å². The van der Waals surface area contributed by atoms with Crippen molar-refractivity contribution < 1.29 is 4.74 Å². The number of hydrogen-bond acceptors (Lipinski definition) is 2. The van der Waals surface area contributed by atoms with Crippen molar-refractivity contribution in [2.45, 2.75) is 6.92 Å². The largest absolute Gasteiger partial charge is 0.455 e. The standard InChI is InChI=1S/C12H9BrNO/c1-9-12(6-3-7-14-9)15-11-5-2-4-10(13)8-11/h2-3,5-8H,1H3. The molecule has 0 saturated heterocycles. The van der Waals surface area contributed by atoms with Gasteiger partial charge in [0.1, 0.15) is 11.5 Å². The average Bonchev–Trinajstić information content (AvgIpc) is 2.22. The number of nitrogens with zero attached hydrogens (tertiary/aromatic N) is 1. The van der Waals surface area contributed by atoms with Crippen LogP contribution < -0.4 is 4.74 Å². The van der Waals surface area contributed by atoms with Crippen LogP contribution in [-0.2, 0) is 0 Å². The van der Waals surface area contributed by atoms with Crippen LogP contribution in [0.3, 0.4) is 0 Å². The Morgan fingerprint density at radius 1 is 1.40 bits per heavy atom. The van der Waals surface area contributed by atoms with Gasteiger partial charge in [0.15, 0.2) is 0 Å². The summed E-state index contributed by atoms with van der Waals surface area (Å²) in [5, 5.41) is 0.